The van der Waals surface area contributed by atoms with E-state index in [9.17, 15) is 0 Å². The van der Waals surface area contributed by atoms with Gasteiger partial charge in [0.25, 0.3) is 0 Å². The summed E-state index contributed by atoms with van der Waals surface area (Å²) in [6.45, 7) is 5.48. The first-order chi connectivity index (χ1) is 6.81. The van der Waals surface area contributed by atoms with Crippen molar-refractivity contribution in [2.45, 2.75) is 20.3 Å². The van der Waals surface area contributed by atoms with Crippen molar-refractivity contribution in [3.63, 3.8) is 0 Å². The Balaban J connectivity index is 3.38. The molecule has 0 aromatic rings. The minimum absolute atomic E-state index is 0.0636. The predicted octanol–water partition coefficient (Wildman–Crippen LogP) is 1.88. The van der Waals surface area contributed by atoms with Crippen LogP contribution in [0, 0.1) is 0 Å². The average Bonchev–Trinajstić information content (AvgIpc) is 2.18. The third-order valence-corrected chi connectivity index (χ3v) is 1.50. The summed E-state index contributed by atoms with van der Waals surface area (Å²) in [4.78, 5) is 0. The lowest BCUT2D eigenvalue weighted by Gasteiger charge is -2.05. The summed E-state index contributed by atoms with van der Waals surface area (Å²) in [6, 6.07) is 0. The summed E-state index contributed by atoms with van der Waals surface area (Å²) in [7, 11) is 0. The largest absolute Gasteiger partial charge is 0.496 e. The summed E-state index contributed by atoms with van der Waals surface area (Å²) < 4.78 is 10.4. The van der Waals surface area contributed by atoms with Gasteiger partial charge in [-0.1, -0.05) is 19.1 Å². The van der Waals surface area contributed by atoms with Crippen molar-refractivity contribution in [2.24, 2.45) is 0 Å². The van der Waals surface area contributed by atoms with Crippen LogP contribution < -0.4 is 0 Å². The number of aliphatic hydroxyl groups excluding tert-OH is 1. The van der Waals surface area contributed by atoms with Crippen LogP contribution in [0.4, 0.5) is 0 Å². The van der Waals surface area contributed by atoms with Gasteiger partial charge in [0.15, 0.2) is 0 Å². The van der Waals surface area contributed by atoms with Gasteiger partial charge < -0.3 is 14.6 Å². The van der Waals surface area contributed by atoms with Crippen LogP contribution in [0.3, 0.4) is 0 Å². The first-order valence-corrected chi connectivity index (χ1v) is 4.96. The van der Waals surface area contributed by atoms with Crippen LogP contribution in [0.1, 0.15) is 20.3 Å². The van der Waals surface area contributed by atoms with Crippen molar-refractivity contribution >= 4 is 0 Å². The van der Waals surface area contributed by atoms with Crippen molar-refractivity contribution in [1.29, 1.82) is 0 Å². The van der Waals surface area contributed by atoms with Gasteiger partial charge in [0.2, 0.25) is 0 Å². The smallest absolute Gasteiger partial charge is 0.111 e. The van der Waals surface area contributed by atoms with E-state index in [0.29, 0.717) is 19.8 Å². The standard InChI is InChI=1S/C11H20O3/c1-3-4-5-6-11(2)14-10-9-13-8-7-12/h4-6,12H,3,7-10H2,1-2H3. The van der Waals surface area contributed by atoms with Crippen LogP contribution >= 0.6 is 0 Å². The number of rotatable bonds is 8. The second kappa shape index (κ2) is 10.3. The van der Waals surface area contributed by atoms with Crippen molar-refractivity contribution < 1.29 is 14.6 Å². The Kier molecular flexibility index (Phi) is 9.69. The second-order valence-corrected chi connectivity index (χ2v) is 2.80. The lowest BCUT2D eigenvalue weighted by molar-refractivity contribution is 0.0541. The van der Waals surface area contributed by atoms with Gasteiger partial charge in [0, 0.05) is 0 Å². The lowest BCUT2D eigenvalue weighted by atomic mass is 10.4. The zero-order chi connectivity index (χ0) is 10.6. The van der Waals surface area contributed by atoms with Crippen molar-refractivity contribution in [3.8, 4) is 0 Å². The molecule has 0 radical (unpaired) electrons. The molecule has 0 rings (SSSR count). The highest BCUT2D eigenvalue weighted by Crippen LogP contribution is 1.96. The quantitative estimate of drug-likeness (QED) is 0.369. The molecule has 0 bridgehead atoms. The third-order valence-electron chi connectivity index (χ3n) is 1.50. The fourth-order valence-corrected chi connectivity index (χ4v) is 0.816. The van der Waals surface area contributed by atoms with Gasteiger partial charge in [-0.3, -0.25) is 0 Å². The van der Waals surface area contributed by atoms with Crippen molar-refractivity contribution in [2.75, 3.05) is 26.4 Å². The summed E-state index contributed by atoms with van der Waals surface area (Å²) in [5.74, 6) is 0.877. The van der Waals surface area contributed by atoms with Crippen molar-refractivity contribution in [1.82, 2.24) is 0 Å². The topological polar surface area (TPSA) is 38.7 Å². The molecule has 0 saturated heterocycles. The molecule has 0 heterocycles. The fourth-order valence-electron chi connectivity index (χ4n) is 0.816. The van der Waals surface area contributed by atoms with Gasteiger partial charge in [-0.15, -0.1) is 0 Å². The molecule has 0 unspecified atom stereocenters. The number of hydrogen-bond acceptors (Lipinski definition) is 3. The van der Waals surface area contributed by atoms with Gasteiger partial charge in [-0.2, -0.15) is 0 Å². The van der Waals surface area contributed by atoms with Crippen LogP contribution in [-0.2, 0) is 9.47 Å². The van der Waals surface area contributed by atoms with E-state index < -0.39 is 0 Å². The molecule has 1 N–H and O–H groups in total. The van der Waals surface area contributed by atoms with E-state index in [2.05, 4.69) is 13.0 Å². The minimum atomic E-state index is 0.0636. The molecule has 0 spiro atoms. The number of allylic oxidation sites excluding steroid dienone is 4. The van der Waals surface area contributed by atoms with Gasteiger partial charge in [0.05, 0.1) is 25.6 Å². The van der Waals surface area contributed by atoms with E-state index in [1.54, 1.807) is 0 Å². The SMILES string of the molecule is CCC=CC=C(C)OCCOCCO. The predicted molar refractivity (Wildman–Crippen MR) is 57.0 cm³/mol. The molecule has 0 saturated carbocycles. The van der Waals surface area contributed by atoms with E-state index in [1.807, 2.05) is 19.1 Å². The highest BCUT2D eigenvalue weighted by Gasteiger charge is 1.89. The summed E-state index contributed by atoms with van der Waals surface area (Å²) >= 11 is 0. The zero-order valence-electron chi connectivity index (χ0n) is 9.03. The minimum Gasteiger partial charge on any atom is -0.496 e. The molecule has 0 aliphatic rings. The summed E-state index contributed by atoms with van der Waals surface area (Å²) in [6.07, 6.45) is 7.00. The number of hydrogen-bond donors (Lipinski definition) is 1. The number of ether oxygens (including phenoxy) is 2. The molecule has 82 valence electrons. The normalized spacial score (nSPS) is 12.4. The third kappa shape index (κ3) is 9.29. The zero-order valence-corrected chi connectivity index (χ0v) is 9.03. The van der Waals surface area contributed by atoms with Crippen LogP contribution in [0.2, 0.25) is 0 Å². The maximum Gasteiger partial charge on any atom is 0.111 e. The molecule has 0 aromatic heterocycles. The van der Waals surface area contributed by atoms with Crippen LogP contribution in [0.5, 0.6) is 0 Å². The van der Waals surface area contributed by atoms with E-state index in [4.69, 9.17) is 14.6 Å². The van der Waals surface area contributed by atoms with E-state index in [1.165, 1.54) is 0 Å². The van der Waals surface area contributed by atoms with E-state index in [-0.39, 0.29) is 6.61 Å². The molecule has 0 amide bonds. The first-order valence-electron chi connectivity index (χ1n) is 4.96. The summed E-state index contributed by atoms with van der Waals surface area (Å²) in [5, 5.41) is 8.43. The molecule has 0 atom stereocenters. The Morgan fingerprint density at radius 2 is 2.07 bits per heavy atom. The Labute approximate surface area is 86.0 Å². The van der Waals surface area contributed by atoms with E-state index in [0.717, 1.165) is 12.2 Å². The van der Waals surface area contributed by atoms with Gasteiger partial charge in [-0.25, -0.2) is 0 Å². The molecule has 3 nitrogen and oxygen atoms in total. The first kappa shape index (κ1) is 13.2. The van der Waals surface area contributed by atoms with Gasteiger partial charge in [-0.05, 0) is 19.4 Å². The Morgan fingerprint density at radius 1 is 1.29 bits per heavy atom. The molecule has 0 aromatic carbocycles. The van der Waals surface area contributed by atoms with Crippen LogP contribution in [-0.4, -0.2) is 31.5 Å². The molecule has 0 aliphatic carbocycles. The highest BCUT2D eigenvalue weighted by molar-refractivity contribution is 5.05. The lowest BCUT2D eigenvalue weighted by Crippen LogP contribution is -2.06. The molecular formula is C11H20O3. The molecule has 14 heavy (non-hydrogen) atoms. The van der Waals surface area contributed by atoms with Crippen LogP contribution in [0.25, 0.3) is 0 Å². The average molecular weight is 200 g/mol. The summed E-state index contributed by atoms with van der Waals surface area (Å²) in [5.41, 5.74) is 0. The van der Waals surface area contributed by atoms with Gasteiger partial charge in [0.1, 0.15) is 6.61 Å². The molecule has 0 fully saturated rings. The fraction of sp³-hybridized carbons (Fsp3) is 0.636. The Morgan fingerprint density at radius 3 is 2.71 bits per heavy atom. The monoisotopic (exact) mass is 200 g/mol. The maximum atomic E-state index is 8.43. The Bertz CT molecular complexity index is 173. The Hall–Kier alpha value is -0.800. The van der Waals surface area contributed by atoms with Crippen LogP contribution in [0.15, 0.2) is 24.0 Å². The molecule has 3 heteroatoms. The van der Waals surface area contributed by atoms with Crippen molar-refractivity contribution in [3.05, 3.63) is 24.0 Å². The second-order valence-electron chi connectivity index (χ2n) is 2.80. The number of aliphatic hydroxyl groups is 1. The maximum absolute atomic E-state index is 8.43. The van der Waals surface area contributed by atoms with Gasteiger partial charge >= 0.3 is 0 Å². The molecule has 0 aliphatic heterocycles. The van der Waals surface area contributed by atoms with E-state index >= 15 is 0 Å². The highest BCUT2D eigenvalue weighted by atomic mass is 16.5. The molecular weight excluding hydrogens is 180 g/mol.